The number of amides is 3. The van der Waals surface area contributed by atoms with Crippen LogP contribution < -0.4 is 16.0 Å². The monoisotopic (exact) mass is 498 g/mol. The van der Waals surface area contributed by atoms with Crippen LogP contribution in [0.15, 0.2) is 72.9 Å². The maximum Gasteiger partial charge on any atom is 0.248 e. The molecular formula is C30H34N4O3. The number of primary amides is 1. The van der Waals surface area contributed by atoms with Crippen molar-refractivity contribution in [2.45, 2.75) is 57.9 Å². The molecule has 7 heteroatoms. The normalized spacial score (nSPS) is 15.1. The number of aryl methyl sites for hydroxylation is 2. The van der Waals surface area contributed by atoms with E-state index in [2.05, 4.69) is 10.3 Å². The highest BCUT2D eigenvalue weighted by atomic mass is 16.2. The Balaban J connectivity index is 1.76. The fraction of sp³-hybridized carbons (Fsp3) is 0.333. The molecule has 0 radical (unpaired) electrons. The molecule has 7 nitrogen and oxygen atoms in total. The van der Waals surface area contributed by atoms with Gasteiger partial charge >= 0.3 is 0 Å². The van der Waals surface area contributed by atoms with Crippen molar-refractivity contribution < 1.29 is 14.4 Å². The molecule has 3 N–H and O–H groups in total. The largest absolute Gasteiger partial charge is 0.367 e. The summed E-state index contributed by atoms with van der Waals surface area (Å²) in [5.74, 6) is -0.923. The molecule has 0 bridgehead atoms. The van der Waals surface area contributed by atoms with Gasteiger partial charge in [-0.05, 0) is 68.0 Å². The highest BCUT2D eigenvalue weighted by Gasteiger charge is 2.53. The minimum absolute atomic E-state index is 0.0505. The smallest absolute Gasteiger partial charge is 0.248 e. The summed E-state index contributed by atoms with van der Waals surface area (Å²) in [6.45, 7) is 3.93. The summed E-state index contributed by atoms with van der Waals surface area (Å²) in [7, 11) is 0. The second-order valence-corrected chi connectivity index (χ2v) is 9.81. The summed E-state index contributed by atoms with van der Waals surface area (Å²) in [6, 6.07) is 20.5. The quantitative estimate of drug-likeness (QED) is 0.432. The Hall–Kier alpha value is -4.00. The summed E-state index contributed by atoms with van der Waals surface area (Å²) in [6.07, 6.45) is 4.96. The lowest BCUT2D eigenvalue weighted by atomic mass is 9.74. The summed E-state index contributed by atoms with van der Waals surface area (Å²) in [4.78, 5) is 46.1. The van der Waals surface area contributed by atoms with E-state index in [4.69, 9.17) is 5.73 Å². The van der Waals surface area contributed by atoms with E-state index in [9.17, 15) is 14.4 Å². The first-order chi connectivity index (χ1) is 17.8. The molecule has 1 aromatic heterocycles. The Morgan fingerprint density at radius 2 is 1.68 bits per heavy atom. The fourth-order valence-electron chi connectivity index (χ4n) is 5.44. The molecule has 1 atom stereocenters. The van der Waals surface area contributed by atoms with Crippen LogP contribution in [0.5, 0.6) is 0 Å². The van der Waals surface area contributed by atoms with Crippen molar-refractivity contribution in [3.63, 3.8) is 0 Å². The minimum atomic E-state index is -1.37. The average Bonchev–Trinajstić information content (AvgIpc) is 3.42. The molecule has 0 aliphatic heterocycles. The van der Waals surface area contributed by atoms with E-state index in [-0.39, 0.29) is 30.6 Å². The third-order valence-electron chi connectivity index (χ3n) is 7.17. The molecule has 3 amide bonds. The lowest BCUT2D eigenvalue weighted by molar-refractivity contribution is -0.131. The van der Waals surface area contributed by atoms with Gasteiger partial charge in [0.05, 0.1) is 0 Å². The lowest BCUT2D eigenvalue weighted by Gasteiger charge is -2.46. The van der Waals surface area contributed by atoms with Gasteiger partial charge in [0, 0.05) is 24.7 Å². The Morgan fingerprint density at radius 1 is 0.946 bits per heavy atom. The number of benzene rings is 2. The molecule has 3 aromatic rings. The van der Waals surface area contributed by atoms with Gasteiger partial charge in [-0.1, -0.05) is 60.9 Å². The van der Waals surface area contributed by atoms with Gasteiger partial charge in [-0.2, -0.15) is 0 Å². The Morgan fingerprint density at radius 3 is 2.30 bits per heavy atom. The number of carbonyl (C=O) groups is 3. The first kappa shape index (κ1) is 26.1. The van der Waals surface area contributed by atoms with Gasteiger partial charge in [0.1, 0.15) is 5.82 Å². The van der Waals surface area contributed by atoms with Crippen molar-refractivity contribution in [3.05, 3.63) is 89.6 Å². The maximum absolute atomic E-state index is 14.1. The van der Waals surface area contributed by atoms with Crippen LogP contribution in [0.2, 0.25) is 0 Å². The number of pyridine rings is 1. The van der Waals surface area contributed by atoms with Crippen LogP contribution in [-0.2, 0) is 19.9 Å². The predicted octanol–water partition coefficient (Wildman–Crippen LogP) is 5.02. The van der Waals surface area contributed by atoms with E-state index in [0.29, 0.717) is 17.1 Å². The molecule has 1 aliphatic rings. The van der Waals surface area contributed by atoms with Crippen molar-refractivity contribution in [1.29, 1.82) is 0 Å². The fourth-order valence-corrected chi connectivity index (χ4v) is 5.44. The van der Waals surface area contributed by atoms with Crippen molar-refractivity contribution in [3.8, 4) is 0 Å². The van der Waals surface area contributed by atoms with E-state index < -0.39 is 11.4 Å². The molecule has 192 valence electrons. The third-order valence-corrected chi connectivity index (χ3v) is 7.17. The van der Waals surface area contributed by atoms with Crippen LogP contribution in [0.25, 0.3) is 0 Å². The number of nitrogens with one attached hydrogen (secondary N) is 1. The van der Waals surface area contributed by atoms with Gasteiger partial charge in [-0.15, -0.1) is 0 Å². The molecule has 1 heterocycles. The van der Waals surface area contributed by atoms with Crippen molar-refractivity contribution >= 4 is 29.2 Å². The Bertz CT molecular complexity index is 1250. The van der Waals surface area contributed by atoms with Gasteiger partial charge in [-0.25, -0.2) is 4.98 Å². The van der Waals surface area contributed by atoms with Crippen LogP contribution >= 0.6 is 0 Å². The third kappa shape index (κ3) is 5.56. The van der Waals surface area contributed by atoms with Crippen molar-refractivity contribution in [2.24, 2.45) is 11.7 Å². The molecule has 1 saturated carbocycles. The first-order valence-corrected chi connectivity index (χ1v) is 12.8. The zero-order valence-electron chi connectivity index (χ0n) is 21.4. The highest BCUT2D eigenvalue weighted by Crippen LogP contribution is 2.47. The van der Waals surface area contributed by atoms with E-state index in [1.807, 2.05) is 62.4 Å². The van der Waals surface area contributed by atoms with Crippen LogP contribution in [0.1, 0.15) is 55.2 Å². The number of anilines is 2. The zero-order valence-corrected chi connectivity index (χ0v) is 21.4. The Kier molecular flexibility index (Phi) is 8.01. The van der Waals surface area contributed by atoms with Gasteiger partial charge in [-0.3, -0.25) is 19.3 Å². The van der Waals surface area contributed by atoms with Crippen molar-refractivity contribution in [1.82, 2.24) is 4.98 Å². The second kappa shape index (κ2) is 11.4. The van der Waals surface area contributed by atoms with Gasteiger partial charge in [0.15, 0.2) is 5.54 Å². The number of hydrogen-bond acceptors (Lipinski definition) is 4. The number of carbonyl (C=O) groups excluding carboxylic acids is 3. The molecule has 4 rings (SSSR count). The summed E-state index contributed by atoms with van der Waals surface area (Å²) in [5.41, 5.74) is 8.21. The number of rotatable bonds is 9. The standard InChI is InChI=1S/C30H34N4O3/c1-21-13-15-24(16-14-21)30(29(31)37,23-9-3-4-10-23)34(25-11-7-8-22(2)20-25)28(36)18-17-27(35)33-26-12-5-6-19-32-26/h5-8,11-16,19-20,23H,3-4,9-10,17-18H2,1-2H3,(H2,31,37)(H,32,33,35). The van der Waals surface area contributed by atoms with E-state index in [1.165, 1.54) is 0 Å². The molecule has 2 aromatic carbocycles. The average molecular weight is 499 g/mol. The highest BCUT2D eigenvalue weighted by molar-refractivity contribution is 6.05. The second-order valence-electron chi connectivity index (χ2n) is 9.81. The lowest BCUT2D eigenvalue weighted by Crippen LogP contribution is -2.61. The first-order valence-electron chi connectivity index (χ1n) is 12.8. The number of nitrogens with two attached hydrogens (primary N) is 1. The maximum atomic E-state index is 14.1. The molecule has 1 unspecified atom stereocenters. The molecular weight excluding hydrogens is 464 g/mol. The van der Waals surface area contributed by atoms with Gasteiger partial charge in [0.2, 0.25) is 17.7 Å². The summed E-state index contributed by atoms with van der Waals surface area (Å²) < 4.78 is 0. The van der Waals surface area contributed by atoms with E-state index in [1.54, 1.807) is 29.3 Å². The van der Waals surface area contributed by atoms with Crippen LogP contribution in [0.4, 0.5) is 11.5 Å². The number of hydrogen-bond donors (Lipinski definition) is 2. The number of nitrogens with zero attached hydrogens (tertiary/aromatic N) is 2. The summed E-state index contributed by atoms with van der Waals surface area (Å²) in [5, 5.41) is 2.73. The molecule has 0 spiro atoms. The molecule has 37 heavy (non-hydrogen) atoms. The van der Waals surface area contributed by atoms with Gasteiger partial charge in [0.25, 0.3) is 0 Å². The molecule has 0 saturated heterocycles. The predicted molar refractivity (Wildman–Crippen MR) is 145 cm³/mol. The molecule has 1 aliphatic carbocycles. The zero-order chi connectivity index (χ0) is 26.4. The Labute approximate surface area is 218 Å². The van der Waals surface area contributed by atoms with Crippen LogP contribution in [0.3, 0.4) is 0 Å². The minimum Gasteiger partial charge on any atom is -0.367 e. The van der Waals surface area contributed by atoms with Crippen LogP contribution in [0, 0.1) is 19.8 Å². The van der Waals surface area contributed by atoms with Gasteiger partial charge < -0.3 is 11.1 Å². The topological polar surface area (TPSA) is 105 Å². The molecule has 1 fully saturated rings. The van der Waals surface area contributed by atoms with Crippen molar-refractivity contribution in [2.75, 3.05) is 10.2 Å². The van der Waals surface area contributed by atoms with E-state index >= 15 is 0 Å². The summed E-state index contributed by atoms with van der Waals surface area (Å²) >= 11 is 0. The van der Waals surface area contributed by atoms with E-state index in [0.717, 1.165) is 36.8 Å². The SMILES string of the molecule is Cc1ccc(C(C(N)=O)(C2CCCC2)N(C(=O)CCC(=O)Nc2ccccn2)c2cccc(C)c2)cc1. The number of aromatic nitrogens is 1. The van der Waals surface area contributed by atoms with Crippen LogP contribution in [-0.4, -0.2) is 22.7 Å².